The first-order valence-electron chi connectivity index (χ1n) is 5.37. The highest BCUT2D eigenvalue weighted by Crippen LogP contribution is 2.19. The fraction of sp³-hybridized carbons (Fsp3) is 0.417. The van der Waals surface area contributed by atoms with Gasteiger partial charge in [0, 0.05) is 25.6 Å². The number of benzene rings is 1. The minimum atomic E-state index is -0.486. The summed E-state index contributed by atoms with van der Waals surface area (Å²) < 4.78 is 13.4. The normalized spacial score (nSPS) is 20.1. The van der Waals surface area contributed by atoms with Gasteiger partial charge in [-0.3, -0.25) is 4.79 Å². The van der Waals surface area contributed by atoms with Crippen molar-refractivity contribution >= 4 is 5.91 Å². The molecule has 1 amide bonds. The maximum absolute atomic E-state index is 13.4. The number of aliphatic hydroxyl groups is 1. The van der Waals surface area contributed by atoms with Gasteiger partial charge in [-0.25, -0.2) is 4.39 Å². The summed E-state index contributed by atoms with van der Waals surface area (Å²) in [5.74, 6) is -0.635. The van der Waals surface area contributed by atoms with Gasteiger partial charge >= 0.3 is 0 Å². The average Bonchev–Trinajstić information content (AvgIpc) is 2.77. The Bertz CT molecular complexity index is 394. The minimum Gasteiger partial charge on any atom is -0.396 e. The Morgan fingerprint density at radius 2 is 2.25 bits per heavy atom. The highest BCUT2D eigenvalue weighted by molar-refractivity contribution is 5.94. The lowest BCUT2D eigenvalue weighted by Gasteiger charge is -2.16. The van der Waals surface area contributed by atoms with Crippen molar-refractivity contribution in [2.45, 2.75) is 6.42 Å². The molecule has 1 saturated heterocycles. The van der Waals surface area contributed by atoms with Gasteiger partial charge < -0.3 is 10.0 Å². The molecule has 16 heavy (non-hydrogen) atoms. The fourth-order valence-electron chi connectivity index (χ4n) is 1.97. The number of likely N-dealkylation sites (tertiary alicyclic amines) is 1. The van der Waals surface area contributed by atoms with Gasteiger partial charge in [-0.2, -0.15) is 0 Å². The Morgan fingerprint density at radius 3 is 2.88 bits per heavy atom. The molecule has 1 aromatic rings. The van der Waals surface area contributed by atoms with Crippen LogP contribution in [0.15, 0.2) is 24.3 Å². The summed E-state index contributed by atoms with van der Waals surface area (Å²) in [5.41, 5.74) is 0.112. The van der Waals surface area contributed by atoms with Crippen LogP contribution in [0.25, 0.3) is 0 Å². The van der Waals surface area contributed by atoms with Gasteiger partial charge in [0.25, 0.3) is 5.91 Å². The first kappa shape index (κ1) is 11.1. The number of carbonyl (C=O) groups is 1. The maximum atomic E-state index is 13.4. The summed E-state index contributed by atoms with van der Waals surface area (Å²) in [6.07, 6.45) is 0.788. The molecule has 1 aliphatic heterocycles. The third-order valence-corrected chi connectivity index (χ3v) is 2.94. The Hall–Kier alpha value is -1.42. The summed E-state index contributed by atoms with van der Waals surface area (Å²) in [7, 11) is 0. The van der Waals surface area contributed by atoms with E-state index >= 15 is 0 Å². The Balaban J connectivity index is 2.12. The minimum absolute atomic E-state index is 0.0844. The highest BCUT2D eigenvalue weighted by Gasteiger charge is 2.27. The van der Waals surface area contributed by atoms with Crippen LogP contribution in [-0.4, -0.2) is 35.6 Å². The van der Waals surface area contributed by atoms with Crippen molar-refractivity contribution in [1.82, 2.24) is 4.90 Å². The number of hydrogen-bond acceptors (Lipinski definition) is 2. The van der Waals surface area contributed by atoms with Crippen LogP contribution < -0.4 is 0 Å². The van der Waals surface area contributed by atoms with Crippen molar-refractivity contribution in [3.05, 3.63) is 35.6 Å². The number of aliphatic hydroxyl groups excluding tert-OH is 1. The monoisotopic (exact) mass is 223 g/mol. The van der Waals surface area contributed by atoms with Gasteiger partial charge in [-0.1, -0.05) is 12.1 Å². The van der Waals surface area contributed by atoms with E-state index in [-0.39, 0.29) is 24.0 Å². The molecule has 2 rings (SSSR count). The average molecular weight is 223 g/mol. The quantitative estimate of drug-likeness (QED) is 0.820. The number of carbonyl (C=O) groups excluding carboxylic acids is 1. The molecule has 0 radical (unpaired) electrons. The third kappa shape index (κ3) is 2.07. The molecule has 1 N–H and O–H groups in total. The van der Waals surface area contributed by atoms with E-state index in [4.69, 9.17) is 5.11 Å². The van der Waals surface area contributed by atoms with Crippen LogP contribution in [0, 0.1) is 11.7 Å². The summed E-state index contributed by atoms with van der Waals surface area (Å²) in [6, 6.07) is 5.99. The summed E-state index contributed by atoms with van der Waals surface area (Å²) in [4.78, 5) is 13.5. The van der Waals surface area contributed by atoms with Crippen LogP contribution in [0.2, 0.25) is 0 Å². The molecule has 0 saturated carbocycles. The second kappa shape index (κ2) is 4.61. The van der Waals surface area contributed by atoms with E-state index in [0.717, 1.165) is 6.42 Å². The number of amides is 1. The van der Waals surface area contributed by atoms with Crippen LogP contribution >= 0.6 is 0 Å². The van der Waals surface area contributed by atoms with Crippen LogP contribution in [0.5, 0.6) is 0 Å². The molecule has 3 nitrogen and oxygen atoms in total. The zero-order valence-electron chi connectivity index (χ0n) is 8.90. The number of hydrogen-bond donors (Lipinski definition) is 1. The molecule has 86 valence electrons. The van der Waals surface area contributed by atoms with Crippen LogP contribution in [0.4, 0.5) is 4.39 Å². The number of halogens is 1. The lowest BCUT2D eigenvalue weighted by molar-refractivity contribution is 0.0777. The molecular weight excluding hydrogens is 209 g/mol. The summed E-state index contributed by atoms with van der Waals surface area (Å²) >= 11 is 0. The van der Waals surface area contributed by atoms with Crippen LogP contribution in [-0.2, 0) is 0 Å². The van der Waals surface area contributed by atoms with E-state index in [1.54, 1.807) is 17.0 Å². The molecule has 0 aromatic heterocycles. The molecule has 1 aliphatic rings. The molecule has 0 aliphatic carbocycles. The van der Waals surface area contributed by atoms with Crippen LogP contribution in [0.1, 0.15) is 16.8 Å². The predicted octanol–water partition coefficient (Wildman–Crippen LogP) is 1.28. The van der Waals surface area contributed by atoms with Gasteiger partial charge in [-0.15, -0.1) is 0 Å². The summed E-state index contributed by atoms with van der Waals surface area (Å²) in [6.45, 7) is 1.20. The van der Waals surface area contributed by atoms with Crippen molar-refractivity contribution < 1.29 is 14.3 Å². The number of nitrogens with zero attached hydrogens (tertiary/aromatic N) is 1. The Labute approximate surface area is 93.5 Å². The topological polar surface area (TPSA) is 40.5 Å². The third-order valence-electron chi connectivity index (χ3n) is 2.94. The first-order chi connectivity index (χ1) is 7.72. The molecular formula is C12H14FNO2. The first-order valence-corrected chi connectivity index (χ1v) is 5.37. The predicted molar refractivity (Wildman–Crippen MR) is 57.5 cm³/mol. The number of rotatable bonds is 2. The van der Waals surface area contributed by atoms with E-state index in [0.29, 0.717) is 13.1 Å². The van der Waals surface area contributed by atoms with Crippen LogP contribution in [0.3, 0.4) is 0 Å². The maximum Gasteiger partial charge on any atom is 0.256 e. The van der Waals surface area contributed by atoms with Gasteiger partial charge in [0.05, 0.1) is 5.56 Å². The van der Waals surface area contributed by atoms with Crippen molar-refractivity contribution in [3.63, 3.8) is 0 Å². The van der Waals surface area contributed by atoms with Gasteiger partial charge in [0.1, 0.15) is 5.82 Å². The van der Waals surface area contributed by atoms with E-state index < -0.39 is 5.82 Å². The molecule has 4 heteroatoms. The summed E-state index contributed by atoms with van der Waals surface area (Å²) in [5, 5.41) is 8.98. The van der Waals surface area contributed by atoms with E-state index in [2.05, 4.69) is 0 Å². The molecule has 1 atom stereocenters. The van der Waals surface area contributed by atoms with E-state index in [1.807, 2.05) is 0 Å². The standard InChI is InChI=1S/C12H14FNO2/c13-11-4-2-1-3-10(11)12(16)14-6-5-9(7-14)8-15/h1-4,9,15H,5-8H2. The largest absolute Gasteiger partial charge is 0.396 e. The molecule has 1 heterocycles. The van der Waals surface area contributed by atoms with E-state index in [1.165, 1.54) is 12.1 Å². The van der Waals surface area contributed by atoms with Gasteiger partial charge in [0.2, 0.25) is 0 Å². The second-order valence-electron chi connectivity index (χ2n) is 4.07. The SMILES string of the molecule is O=C(c1ccccc1F)N1CCC(CO)C1. The Kier molecular flexibility index (Phi) is 3.19. The fourth-order valence-corrected chi connectivity index (χ4v) is 1.97. The highest BCUT2D eigenvalue weighted by atomic mass is 19.1. The second-order valence-corrected chi connectivity index (χ2v) is 4.07. The molecule has 0 bridgehead atoms. The molecule has 1 aromatic carbocycles. The van der Waals surface area contributed by atoms with E-state index in [9.17, 15) is 9.18 Å². The van der Waals surface area contributed by atoms with Gasteiger partial charge in [-0.05, 0) is 18.6 Å². The van der Waals surface area contributed by atoms with Crippen molar-refractivity contribution in [3.8, 4) is 0 Å². The lowest BCUT2D eigenvalue weighted by atomic mass is 10.1. The Morgan fingerprint density at radius 1 is 1.50 bits per heavy atom. The molecule has 1 unspecified atom stereocenters. The van der Waals surface area contributed by atoms with Crippen molar-refractivity contribution in [1.29, 1.82) is 0 Å². The lowest BCUT2D eigenvalue weighted by Crippen LogP contribution is -2.29. The zero-order chi connectivity index (χ0) is 11.5. The molecule has 0 spiro atoms. The van der Waals surface area contributed by atoms with Gasteiger partial charge in [0.15, 0.2) is 0 Å². The van der Waals surface area contributed by atoms with Crippen molar-refractivity contribution in [2.24, 2.45) is 5.92 Å². The smallest absolute Gasteiger partial charge is 0.256 e. The molecule has 1 fully saturated rings. The zero-order valence-corrected chi connectivity index (χ0v) is 8.90. The van der Waals surface area contributed by atoms with Crippen molar-refractivity contribution in [2.75, 3.05) is 19.7 Å².